The Morgan fingerprint density at radius 3 is 2.44 bits per heavy atom. The monoisotopic (exact) mass is 485 g/mol. The molecule has 4 rings (SSSR count). The molecule has 186 valence electrons. The minimum Gasteiger partial charge on any atom is -0.463 e. The molecule has 0 bridgehead atoms. The third-order valence-corrected chi connectivity index (χ3v) is 6.36. The number of anilines is 1. The second-order valence-corrected chi connectivity index (χ2v) is 8.71. The number of fused-ring (bicyclic) bond motifs is 1. The van der Waals surface area contributed by atoms with Crippen molar-refractivity contribution in [2.24, 2.45) is 0 Å². The predicted molar refractivity (Wildman–Crippen MR) is 141 cm³/mol. The predicted octanol–water partition coefficient (Wildman–Crippen LogP) is 5.80. The molecule has 1 atom stereocenters. The second-order valence-electron chi connectivity index (χ2n) is 8.71. The molecule has 0 aliphatic carbocycles. The topological polar surface area (TPSA) is 87.7 Å². The van der Waals surface area contributed by atoms with Gasteiger partial charge < -0.3 is 15.4 Å². The number of esters is 1. The average Bonchev–Trinajstić information content (AvgIpc) is 2.88. The number of urea groups is 1. The smallest absolute Gasteiger partial charge is 0.338 e. The Morgan fingerprint density at radius 2 is 1.72 bits per heavy atom. The van der Waals surface area contributed by atoms with Crippen LogP contribution in [0.3, 0.4) is 0 Å². The zero-order valence-corrected chi connectivity index (χ0v) is 20.8. The van der Waals surface area contributed by atoms with E-state index in [9.17, 15) is 14.4 Å². The minimum atomic E-state index is -0.641. The first-order valence-corrected chi connectivity index (χ1v) is 12.3. The van der Waals surface area contributed by atoms with Crippen molar-refractivity contribution in [2.75, 3.05) is 18.5 Å². The fraction of sp³-hybridized carbons (Fsp3) is 0.276. The summed E-state index contributed by atoms with van der Waals surface area (Å²) in [5, 5.41) is 7.78. The molecule has 1 aliphatic heterocycles. The molecule has 3 amide bonds. The molecule has 0 spiro atoms. The highest BCUT2D eigenvalue weighted by Crippen LogP contribution is 2.32. The molecule has 0 aromatic heterocycles. The van der Waals surface area contributed by atoms with Gasteiger partial charge in [-0.15, -0.1) is 0 Å². The molecule has 0 saturated heterocycles. The number of ether oxygens (including phenoxy) is 1. The van der Waals surface area contributed by atoms with Crippen LogP contribution in [-0.4, -0.2) is 36.0 Å². The van der Waals surface area contributed by atoms with Gasteiger partial charge in [0.25, 0.3) is 5.91 Å². The van der Waals surface area contributed by atoms with E-state index in [2.05, 4.69) is 17.6 Å². The first-order chi connectivity index (χ1) is 17.4. The van der Waals surface area contributed by atoms with E-state index in [-0.39, 0.29) is 18.5 Å². The molecule has 1 aliphatic rings. The van der Waals surface area contributed by atoms with E-state index in [1.165, 1.54) is 0 Å². The number of rotatable bonds is 8. The maximum absolute atomic E-state index is 13.0. The molecule has 0 fully saturated rings. The minimum absolute atomic E-state index is 0.208. The summed E-state index contributed by atoms with van der Waals surface area (Å²) in [6, 6.07) is 19.6. The Morgan fingerprint density at radius 1 is 1.00 bits per heavy atom. The molecule has 1 unspecified atom stereocenters. The lowest BCUT2D eigenvalue weighted by atomic mass is 9.94. The van der Waals surface area contributed by atoms with Crippen molar-refractivity contribution < 1.29 is 19.1 Å². The summed E-state index contributed by atoms with van der Waals surface area (Å²) in [6.07, 6.45) is 1.76. The molecule has 7 nitrogen and oxygen atoms in total. The average molecular weight is 486 g/mol. The fourth-order valence-corrected chi connectivity index (χ4v) is 4.47. The van der Waals surface area contributed by atoms with Crippen LogP contribution < -0.4 is 10.6 Å². The summed E-state index contributed by atoms with van der Waals surface area (Å²) in [5.41, 5.74) is 2.95. The quantitative estimate of drug-likeness (QED) is 0.395. The SMILES string of the molecule is CCCCN1C(=O)NC(c2ccc(NC(=O)c3cccc4ccccc34)cc2)C(C(=O)OCC)=C1C. The van der Waals surface area contributed by atoms with Gasteiger partial charge in [-0.2, -0.15) is 0 Å². The number of hydrogen-bond donors (Lipinski definition) is 2. The zero-order chi connectivity index (χ0) is 25.7. The second kappa shape index (κ2) is 11.1. The number of allylic oxidation sites excluding steroid dienone is 1. The van der Waals surface area contributed by atoms with Crippen LogP contribution in [-0.2, 0) is 9.53 Å². The van der Waals surface area contributed by atoms with E-state index in [0.29, 0.717) is 29.1 Å². The van der Waals surface area contributed by atoms with E-state index >= 15 is 0 Å². The van der Waals surface area contributed by atoms with Crippen LogP contribution in [0, 0.1) is 0 Å². The van der Waals surface area contributed by atoms with Crippen molar-refractivity contribution >= 4 is 34.4 Å². The van der Waals surface area contributed by atoms with Crippen LogP contribution in [0.1, 0.15) is 55.6 Å². The van der Waals surface area contributed by atoms with Crippen molar-refractivity contribution in [2.45, 2.75) is 39.7 Å². The summed E-state index contributed by atoms with van der Waals surface area (Å²) in [4.78, 5) is 40.3. The number of nitrogens with one attached hydrogen (secondary N) is 2. The van der Waals surface area contributed by atoms with Crippen LogP contribution in [0.5, 0.6) is 0 Å². The first-order valence-electron chi connectivity index (χ1n) is 12.3. The molecular weight excluding hydrogens is 454 g/mol. The van der Waals surface area contributed by atoms with Gasteiger partial charge in [0.1, 0.15) is 0 Å². The number of carbonyl (C=O) groups is 3. The van der Waals surface area contributed by atoms with Gasteiger partial charge in [0.05, 0.1) is 18.2 Å². The molecular formula is C29H31N3O4. The van der Waals surface area contributed by atoms with E-state index in [4.69, 9.17) is 4.74 Å². The van der Waals surface area contributed by atoms with Gasteiger partial charge in [-0.25, -0.2) is 9.59 Å². The maximum Gasteiger partial charge on any atom is 0.338 e. The molecule has 0 saturated carbocycles. The molecule has 1 heterocycles. The number of unbranched alkanes of at least 4 members (excludes halogenated alkanes) is 1. The Bertz CT molecular complexity index is 1310. The van der Waals surface area contributed by atoms with Crippen molar-refractivity contribution in [3.63, 3.8) is 0 Å². The van der Waals surface area contributed by atoms with Gasteiger partial charge in [0.15, 0.2) is 0 Å². The highest BCUT2D eigenvalue weighted by molar-refractivity contribution is 6.12. The van der Waals surface area contributed by atoms with E-state index < -0.39 is 12.0 Å². The third-order valence-electron chi connectivity index (χ3n) is 6.36. The van der Waals surface area contributed by atoms with Gasteiger partial charge in [-0.3, -0.25) is 9.69 Å². The third kappa shape index (κ3) is 5.10. The lowest BCUT2D eigenvalue weighted by Crippen LogP contribution is -2.48. The number of hydrogen-bond acceptors (Lipinski definition) is 4. The van der Waals surface area contributed by atoms with Gasteiger partial charge in [-0.1, -0.05) is 61.9 Å². The molecule has 7 heteroatoms. The van der Waals surface area contributed by atoms with Crippen LogP contribution in [0.15, 0.2) is 78.0 Å². The van der Waals surface area contributed by atoms with Crippen LogP contribution >= 0.6 is 0 Å². The molecule has 3 aromatic carbocycles. The van der Waals surface area contributed by atoms with Crippen LogP contribution in [0.2, 0.25) is 0 Å². The Kier molecular flexibility index (Phi) is 7.68. The van der Waals surface area contributed by atoms with Gasteiger partial charge in [0.2, 0.25) is 0 Å². The Labute approximate surface area is 211 Å². The standard InChI is InChI=1S/C29H31N3O4/c1-4-6-18-32-19(3)25(28(34)36-5-2)26(31-29(32)35)21-14-16-22(17-15-21)30-27(33)24-13-9-11-20-10-7-8-12-23(20)24/h7-17,26H,4-6,18H2,1-3H3,(H,30,33)(H,31,35). The summed E-state index contributed by atoms with van der Waals surface area (Å²) >= 11 is 0. The first kappa shape index (κ1) is 25.0. The number of amides is 3. The molecule has 3 aromatic rings. The number of carbonyl (C=O) groups excluding carboxylic acids is 3. The Hall–Kier alpha value is -4.13. The van der Waals surface area contributed by atoms with Gasteiger partial charge in [0, 0.05) is 23.5 Å². The number of nitrogens with zero attached hydrogens (tertiary/aromatic N) is 1. The van der Waals surface area contributed by atoms with E-state index in [1.807, 2.05) is 36.4 Å². The maximum atomic E-state index is 13.0. The lowest BCUT2D eigenvalue weighted by Gasteiger charge is -2.35. The summed E-state index contributed by atoms with van der Waals surface area (Å²) in [5.74, 6) is -0.658. The van der Waals surface area contributed by atoms with Crippen LogP contribution in [0.25, 0.3) is 10.8 Å². The Balaban J connectivity index is 1.59. The molecule has 36 heavy (non-hydrogen) atoms. The zero-order valence-electron chi connectivity index (χ0n) is 20.8. The van der Waals surface area contributed by atoms with Crippen LogP contribution in [0.4, 0.5) is 10.5 Å². The highest BCUT2D eigenvalue weighted by atomic mass is 16.5. The molecule has 2 N–H and O–H groups in total. The fourth-order valence-electron chi connectivity index (χ4n) is 4.47. The summed E-state index contributed by atoms with van der Waals surface area (Å²) in [6.45, 7) is 6.36. The number of benzene rings is 3. The van der Waals surface area contributed by atoms with Crippen molar-refractivity contribution in [1.82, 2.24) is 10.2 Å². The van der Waals surface area contributed by atoms with Gasteiger partial charge in [-0.05, 0) is 54.8 Å². The van der Waals surface area contributed by atoms with Crippen molar-refractivity contribution in [3.8, 4) is 0 Å². The highest BCUT2D eigenvalue weighted by Gasteiger charge is 2.36. The normalized spacial score (nSPS) is 15.6. The summed E-state index contributed by atoms with van der Waals surface area (Å²) < 4.78 is 5.32. The van der Waals surface area contributed by atoms with E-state index in [0.717, 1.165) is 29.2 Å². The van der Waals surface area contributed by atoms with Crippen molar-refractivity contribution in [3.05, 3.63) is 89.1 Å². The molecule has 0 radical (unpaired) electrons. The largest absolute Gasteiger partial charge is 0.463 e. The lowest BCUT2D eigenvalue weighted by molar-refractivity contribution is -0.139. The van der Waals surface area contributed by atoms with E-state index in [1.54, 1.807) is 49.1 Å². The summed E-state index contributed by atoms with van der Waals surface area (Å²) in [7, 11) is 0. The van der Waals surface area contributed by atoms with Gasteiger partial charge >= 0.3 is 12.0 Å². The van der Waals surface area contributed by atoms with Crippen molar-refractivity contribution in [1.29, 1.82) is 0 Å².